The number of hydrogen-bond acceptors (Lipinski definition) is 1. The zero-order valence-electron chi connectivity index (χ0n) is 10.9. The first-order chi connectivity index (χ1) is 8.49. The Morgan fingerprint density at radius 3 is 2.67 bits per heavy atom. The lowest BCUT2D eigenvalue weighted by Gasteiger charge is -2.35. The van der Waals surface area contributed by atoms with Crippen LogP contribution in [-0.2, 0) is 0 Å². The van der Waals surface area contributed by atoms with Crippen LogP contribution in [0.25, 0.3) is 0 Å². The minimum absolute atomic E-state index is 0.133. The van der Waals surface area contributed by atoms with E-state index in [2.05, 4.69) is 11.2 Å². The van der Waals surface area contributed by atoms with Crippen molar-refractivity contribution in [2.75, 3.05) is 7.05 Å². The van der Waals surface area contributed by atoms with Crippen molar-refractivity contribution in [3.8, 4) is 12.3 Å². The molecule has 3 atom stereocenters. The summed E-state index contributed by atoms with van der Waals surface area (Å²) in [5, 5.41) is 3.17. The van der Waals surface area contributed by atoms with Gasteiger partial charge in [0.1, 0.15) is 0 Å². The van der Waals surface area contributed by atoms with E-state index in [0.717, 1.165) is 19.3 Å². The van der Waals surface area contributed by atoms with E-state index in [9.17, 15) is 13.2 Å². The highest BCUT2D eigenvalue weighted by Crippen LogP contribution is 2.41. The Bertz CT molecular complexity index is 280. The summed E-state index contributed by atoms with van der Waals surface area (Å²) < 4.78 is 38.2. The Hall–Kier alpha value is -0.690. The Balaban J connectivity index is 2.50. The van der Waals surface area contributed by atoms with Gasteiger partial charge >= 0.3 is 6.18 Å². The van der Waals surface area contributed by atoms with Crippen LogP contribution in [0, 0.1) is 24.2 Å². The molecule has 0 amide bonds. The molecule has 0 aromatic carbocycles. The molecule has 0 aromatic heterocycles. The molecule has 1 fully saturated rings. The van der Waals surface area contributed by atoms with Crippen LogP contribution in [0.5, 0.6) is 0 Å². The monoisotopic (exact) mass is 261 g/mol. The first kappa shape index (κ1) is 15.4. The minimum Gasteiger partial charge on any atom is -0.317 e. The fourth-order valence-electron chi connectivity index (χ4n) is 2.93. The molecule has 0 aromatic rings. The second kappa shape index (κ2) is 7.04. The quantitative estimate of drug-likeness (QED) is 0.587. The van der Waals surface area contributed by atoms with Gasteiger partial charge < -0.3 is 5.32 Å². The summed E-state index contributed by atoms with van der Waals surface area (Å²) in [5.74, 6) is 1.60. The van der Waals surface area contributed by atoms with Gasteiger partial charge in [0, 0.05) is 12.5 Å². The van der Waals surface area contributed by atoms with Gasteiger partial charge in [-0.2, -0.15) is 13.2 Å². The SMILES string of the molecule is C#CCCCC(NC)C1CCCC(C(F)(F)F)C1. The predicted molar refractivity (Wildman–Crippen MR) is 67.0 cm³/mol. The molecular weight excluding hydrogens is 239 g/mol. The van der Waals surface area contributed by atoms with Crippen molar-refractivity contribution in [2.24, 2.45) is 11.8 Å². The van der Waals surface area contributed by atoms with E-state index in [1.807, 2.05) is 7.05 Å². The Morgan fingerprint density at radius 1 is 1.39 bits per heavy atom. The molecule has 0 saturated heterocycles. The summed E-state index contributed by atoms with van der Waals surface area (Å²) in [7, 11) is 1.83. The standard InChI is InChI=1S/C14H22F3N/c1-3-4-5-9-13(18-2)11-7-6-8-12(10-11)14(15,16)17/h1,11-13,18H,4-10H2,2H3. The Morgan fingerprint density at radius 2 is 2.11 bits per heavy atom. The number of nitrogens with one attached hydrogen (secondary N) is 1. The number of alkyl halides is 3. The molecule has 4 heteroatoms. The third-order valence-electron chi connectivity index (χ3n) is 3.95. The molecule has 0 spiro atoms. The molecule has 1 aliphatic rings. The lowest BCUT2D eigenvalue weighted by Crippen LogP contribution is -2.39. The molecule has 1 N–H and O–H groups in total. The van der Waals surface area contributed by atoms with Gasteiger partial charge in [0.25, 0.3) is 0 Å². The smallest absolute Gasteiger partial charge is 0.317 e. The van der Waals surface area contributed by atoms with Crippen LogP contribution in [-0.4, -0.2) is 19.3 Å². The molecule has 0 bridgehead atoms. The predicted octanol–water partition coefficient (Wildman–Crippen LogP) is 3.75. The largest absolute Gasteiger partial charge is 0.391 e. The van der Waals surface area contributed by atoms with Crippen LogP contribution in [0.15, 0.2) is 0 Å². The normalized spacial score (nSPS) is 26.6. The lowest BCUT2D eigenvalue weighted by molar-refractivity contribution is -0.186. The summed E-state index contributed by atoms with van der Waals surface area (Å²) in [4.78, 5) is 0. The second-order valence-corrected chi connectivity index (χ2v) is 5.16. The van der Waals surface area contributed by atoms with Gasteiger partial charge in [-0.05, 0) is 45.1 Å². The number of hydrogen-bond donors (Lipinski definition) is 1. The van der Waals surface area contributed by atoms with Crippen LogP contribution in [0.1, 0.15) is 44.9 Å². The van der Waals surface area contributed by atoms with Gasteiger partial charge in [-0.25, -0.2) is 0 Å². The first-order valence-electron chi connectivity index (χ1n) is 6.66. The number of rotatable bonds is 5. The van der Waals surface area contributed by atoms with Crippen molar-refractivity contribution >= 4 is 0 Å². The summed E-state index contributed by atoms with van der Waals surface area (Å²) in [6.45, 7) is 0. The van der Waals surface area contributed by atoms with Gasteiger partial charge in [0.2, 0.25) is 0 Å². The van der Waals surface area contributed by atoms with E-state index in [0.29, 0.717) is 19.3 Å². The van der Waals surface area contributed by atoms with Gasteiger partial charge in [0.15, 0.2) is 0 Å². The molecule has 0 aliphatic heterocycles. The van der Waals surface area contributed by atoms with E-state index in [4.69, 9.17) is 6.42 Å². The third kappa shape index (κ3) is 4.53. The second-order valence-electron chi connectivity index (χ2n) is 5.16. The number of unbranched alkanes of at least 4 members (excludes halogenated alkanes) is 1. The molecule has 3 unspecified atom stereocenters. The summed E-state index contributed by atoms with van der Waals surface area (Å²) in [6, 6.07) is 0.170. The van der Waals surface area contributed by atoms with Crippen LogP contribution < -0.4 is 5.32 Å². The highest BCUT2D eigenvalue weighted by atomic mass is 19.4. The Kier molecular flexibility index (Phi) is 6.01. The van der Waals surface area contributed by atoms with Crippen molar-refractivity contribution in [3.05, 3.63) is 0 Å². The van der Waals surface area contributed by atoms with Crippen molar-refractivity contribution in [1.82, 2.24) is 5.32 Å². The fourth-order valence-corrected chi connectivity index (χ4v) is 2.93. The maximum atomic E-state index is 12.7. The van der Waals surface area contributed by atoms with E-state index in [-0.39, 0.29) is 18.4 Å². The van der Waals surface area contributed by atoms with Crippen molar-refractivity contribution in [1.29, 1.82) is 0 Å². The van der Waals surface area contributed by atoms with Crippen LogP contribution in [0.4, 0.5) is 13.2 Å². The number of terminal acetylenes is 1. The maximum absolute atomic E-state index is 12.7. The summed E-state index contributed by atoms with van der Waals surface area (Å²) >= 11 is 0. The van der Waals surface area contributed by atoms with Crippen LogP contribution in [0.2, 0.25) is 0 Å². The molecule has 1 saturated carbocycles. The molecule has 0 heterocycles. The van der Waals surface area contributed by atoms with E-state index in [1.54, 1.807) is 0 Å². The highest BCUT2D eigenvalue weighted by molar-refractivity contribution is 4.87. The third-order valence-corrected chi connectivity index (χ3v) is 3.95. The van der Waals surface area contributed by atoms with Crippen molar-refractivity contribution < 1.29 is 13.2 Å². The molecular formula is C14H22F3N. The molecule has 104 valence electrons. The van der Waals surface area contributed by atoms with Crippen molar-refractivity contribution in [3.63, 3.8) is 0 Å². The van der Waals surface area contributed by atoms with Gasteiger partial charge in [-0.15, -0.1) is 12.3 Å². The average molecular weight is 261 g/mol. The molecule has 0 radical (unpaired) electrons. The van der Waals surface area contributed by atoms with Gasteiger partial charge in [-0.3, -0.25) is 0 Å². The topological polar surface area (TPSA) is 12.0 Å². The maximum Gasteiger partial charge on any atom is 0.391 e. The highest BCUT2D eigenvalue weighted by Gasteiger charge is 2.43. The molecule has 1 rings (SSSR count). The van der Waals surface area contributed by atoms with Gasteiger partial charge in [0.05, 0.1) is 5.92 Å². The minimum atomic E-state index is -4.03. The Labute approximate surface area is 108 Å². The van der Waals surface area contributed by atoms with E-state index in [1.165, 1.54) is 0 Å². The first-order valence-corrected chi connectivity index (χ1v) is 6.66. The zero-order chi connectivity index (χ0) is 13.6. The summed E-state index contributed by atoms with van der Waals surface area (Å²) in [6.07, 6.45) is 5.76. The van der Waals surface area contributed by atoms with Crippen LogP contribution >= 0.6 is 0 Å². The molecule has 1 aliphatic carbocycles. The summed E-state index contributed by atoms with van der Waals surface area (Å²) in [5.41, 5.74) is 0. The average Bonchev–Trinajstić information content (AvgIpc) is 2.34. The fraction of sp³-hybridized carbons (Fsp3) is 0.857. The van der Waals surface area contributed by atoms with Crippen LogP contribution in [0.3, 0.4) is 0 Å². The van der Waals surface area contributed by atoms with E-state index >= 15 is 0 Å². The molecule has 18 heavy (non-hydrogen) atoms. The van der Waals surface area contributed by atoms with E-state index < -0.39 is 12.1 Å². The molecule has 1 nitrogen and oxygen atoms in total. The van der Waals surface area contributed by atoms with Gasteiger partial charge in [-0.1, -0.05) is 6.42 Å². The zero-order valence-corrected chi connectivity index (χ0v) is 10.9. The number of halogens is 3. The van der Waals surface area contributed by atoms with Crippen molar-refractivity contribution in [2.45, 2.75) is 57.2 Å². The lowest BCUT2D eigenvalue weighted by atomic mass is 9.76.